The molecule has 1 aliphatic heterocycles. The number of rotatable bonds is 4. The number of aromatic nitrogens is 2. The number of hydrogen-bond acceptors (Lipinski definition) is 5. The predicted octanol–water partition coefficient (Wildman–Crippen LogP) is 2.75. The van der Waals surface area contributed by atoms with Crippen LogP contribution in [0.25, 0.3) is 5.69 Å². The molecule has 31 heavy (non-hydrogen) atoms. The van der Waals surface area contributed by atoms with Crippen LogP contribution in [0.4, 0.5) is 5.82 Å². The van der Waals surface area contributed by atoms with Crippen LogP contribution in [0.1, 0.15) is 17.5 Å². The van der Waals surface area contributed by atoms with E-state index in [1.807, 2.05) is 55.1 Å². The molecule has 0 bridgehead atoms. The molecular weight excluding hydrogens is 412 g/mol. The molecule has 0 unspecified atom stereocenters. The summed E-state index contributed by atoms with van der Waals surface area (Å²) in [6.45, 7) is 5.79. The first kappa shape index (κ1) is 21.3. The van der Waals surface area contributed by atoms with Crippen molar-refractivity contribution in [1.29, 1.82) is 0 Å². The summed E-state index contributed by atoms with van der Waals surface area (Å²) in [6, 6.07) is 17.9. The smallest absolute Gasteiger partial charge is 0.271 e. The number of para-hydroxylation sites is 1. The molecule has 0 radical (unpaired) electrons. The average Bonchev–Trinajstić information content (AvgIpc) is 3.01. The molecule has 0 saturated carbocycles. The van der Waals surface area contributed by atoms with Crippen molar-refractivity contribution in [2.45, 2.75) is 25.2 Å². The fourth-order valence-corrected chi connectivity index (χ4v) is 5.58. The summed E-state index contributed by atoms with van der Waals surface area (Å²) in [5.74, 6) is 0.661. The Bertz CT molecular complexity index is 1220. The van der Waals surface area contributed by atoms with Crippen LogP contribution in [0.15, 0.2) is 70.4 Å². The minimum absolute atomic E-state index is 0.205. The predicted molar refractivity (Wildman–Crippen MR) is 121 cm³/mol. The van der Waals surface area contributed by atoms with Crippen molar-refractivity contribution in [1.82, 2.24) is 14.1 Å². The van der Waals surface area contributed by atoms with Crippen LogP contribution in [-0.2, 0) is 10.0 Å². The molecule has 7 nitrogen and oxygen atoms in total. The molecular formula is C23H26N4O3S. The highest BCUT2D eigenvalue weighted by Gasteiger charge is 2.27. The van der Waals surface area contributed by atoms with E-state index in [1.54, 1.807) is 22.5 Å². The van der Waals surface area contributed by atoms with Crippen LogP contribution >= 0.6 is 0 Å². The monoisotopic (exact) mass is 438 g/mol. The zero-order valence-electron chi connectivity index (χ0n) is 17.7. The van der Waals surface area contributed by atoms with Gasteiger partial charge in [0.1, 0.15) is 5.82 Å². The molecule has 1 fully saturated rings. The topological polar surface area (TPSA) is 75.5 Å². The van der Waals surface area contributed by atoms with Crippen LogP contribution in [0, 0.1) is 13.8 Å². The van der Waals surface area contributed by atoms with Crippen molar-refractivity contribution >= 4 is 15.8 Å². The maximum absolute atomic E-state index is 13.2. The third-order valence-corrected chi connectivity index (χ3v) is 7.28. The van der Waals surface area contributed by atoms with E-state index in [9.17, 15) is 13.2 Å². The fourth-order valence-electron chi connectivity index (χ4n) is 3.92. The highest BCUT2D eigenvalue weighted by molar-refractivity contribution is 7.89. The zero-order valence-corrected chi connectivity index (χ0v) is 18.5. The maximum atomic E-state index is 13.2. The Kier molecular flexibility index (Phi) is 5.93. The molecule has 1 saturated heterocycles. The molecule has 2 aromatic carbocycles. The van der Waals surface area contributed by atoms with Crippen LogP contribution < -0.4 is 10.5 Å². The van der Waals surface area contributed by atoms with Crippen molar-refractivity contribution in [2.75, 3.05) is 31.1 Å². The quantitative estimate of drug-likeness (QED) is 0.626. The van der Waals surface area contributed by atoms with Gasteiger partial charge in [-0.2, -0.15) is 8.99 Å². The normalized spacial score (nSPS) is 15.6. The van der Waals surface area contributed by atoms with Crippen molar-refractivity contribution in [3.05, 3.63) is 82.1 Å². The first-order valence-corrected chi connectivity index (χ1v) is 11.8. The summed E-state index contributed by atoms with van der Waals surface area (Å²) in [7, 11) is -3.56. The average molecular weight is 439 g/mol. The van der Waals surface area contributed by atoms with Crippen molar-refractivity contribution < 1.29 is 8.42 Å². The lowest BCUT2D eigenvalue weighted by molar-refractivity contribution is 0.433. The van der Waals surface area contributed by atoms with Crippen LogP contribution in [0.5, 0.6) is 0 Å². The second kappa shape index (κ2) is 8.64. The first-order chi connectivity index (χ1) is 14.8. The molecule has 0 spiro atoms. The Hall–Kier alpha value is -2.97. The molecule has 0 N–H and O–H groups in total. The third-order valence-electron chi connectivity index (χ3n) is 5.40. The number of benzene rings is 2. The van der Waals surface area contributed by atoms with Gasteiger partial charge in [-0.3, -0.25) is 4.79 Å². The highest BCUT2D eigenvalue weighted by atomic mass is 32.2. The van der Waals surface area contributed by atoms with Gasteiger partial charge in [-0.1, -0.05) is 24.3 Å². The van der Waals surface area contributed by atoms with E-state index in [1.165, 1.54) is 10.7 Å². The number of anilines is 1. The van der Waals surface area contributed by atoms with Crippen molar-refractivity contribution in [3.63, 3.8) is 0 Å². The number of hydrogen-bond donors (Lipinski definition) is 0. The lowest BCUT2D eigenvalue weighted by atomic mass is 10.2. The van der Waals surface area contributed by atoms with Gasteiger partial charge in [0.15, 0.2) is 0 Å². The Labute approximate surface area is 182 Å². The summed E-state index contributed by atoms with van der Waals surface area (Å²) >= 11 is 0. The molecule has 0 atom stereocenters. The summed E-state index contributed by atoms with van der Waals surface area (Å²) < 4.78 is 29.4. The second-order valence-corrected chi connectivity index (χ2v) is 9.78. The Balaban J connectivity index is 1.57. The van der Waals surface area contributed by atoms with E-state index in [4.69, 9.17) is 0 Å². The molecule has 0 aliphatic carbocycles. The van der Waals surface area contributed by atoms with Gasteiger partial charge in [-0.05, 0) is 61.7 Å². The van der Waals surface area contributed by atoms with Gasteiger partial charge < -0.3 is 4.90 Å². The van der Waals surface area contributed by atoms with Crippen LogP contribution in [0.3, 0.4) is 0 Å². The molecule has 1 aromatic heterocycles. The number of aryl methyl sites for hydroxylation is 2. The van der Waals surface area contributed by atoms with E-state index < -0.39 is 10.0 Å². The van der Waals surface area contributed by atoms with Gasteiger partial charge in [0, 0.05) is 32.2 Å². The van der Waals surface area contributed by atoms with Crippen LogP contribution in [-0.4, -0.2) is 48.7 Å². The number of sulfonamides is 1. The van der Waals surface area contributed by atoms with Gasteiger partial charge in [0.2, 0.25) is 10.0 Å². The third kappa shape index (κ3) is 4.55. The van der Waals surface area contributed by atoms with Gasteiger partial charge in [0.25, 0.3) is 5.56 Å². The minimum atomic E-state index is -3.56. The highest BCUT2D eigenvalue weighted by Crippen LogP contribution is 2.22. The fraction of sp³-hybridized carbons (Fsp3) is 0.304. The lowest BCUT2D eigenvalue weighted by Gasteiger charge is -2.23. The molecule has 4 rings (SSSR count). The van der Waals surface area contributed by atoms with E-state index in [-0.39, 0.29) is 5.56 Å². The molecule has 3 aromatic rings. The van der Waals surface area contributed by atoms with Gasteiger partial charge in [0.05, 0.1) is 10.6 Å². The SMILES string of the molecule is Cc1cc(C)cc(S(=O)(=O)N2CCCN(c3ccc(=O)n(-c4ccccc4)n3)CC2)c1. The molecule has 8 heteroatoms. The van der Waals surface area contributed by atoms with Crippen molar-refractivity contribution in [3.8, 4) is 5.69 Å². The summed E-state index contributed by atoms with van der Waals surface area (Å²) in [5.41, 5.74) is 2.36. The molecule has 0 amide bonds. The van der Waals surface area contributed by atoms with Gasteiger partial charge >= 0.3 is 0 Å². The Morgan fingerprint density at radius 2 is 1.55 bits per heavy atom. The largest absolute Gasteiger partial charge is 0.354 e. The lowest BCUT2D eigenvalue weighted by Crippen LogP contribution is -2.36. The van der Waals surface area contributed by atoms with E-state index in [0.29, 0.717) is 49.0 Å². The standard InChI is InChI=1S/C23H26N4O3S/c1-18-15-19(2)17-21(16-18)31(29,30)26-12-6-11-25(13-14-26)22-9-10-23(28)27(24-22)20-7-4-3-5-8-20/h3-5,7-10,15-17H,6,11-14H2,1-2H3. The van der Waals surface area contributed by atoms with Crippen molar-refractivity contribution in [2.24, 2.45) is 0 Å². The van der Waals surface area contributed by atoms with E-state index in [2.05, 4.69) is 5.10 Å². The van der Waals surface area contributed by atoms with Gasteiger partial charge in [-0.25, -0.2) is 8.42 Å². The van der Waals surface area contributed by atoms with Crippen LogP contribution in [0.2, 0.25) is 0 Å². The summed E-state index contributed by atoms with van der Waals surface area (Å²) in [4.78, 5) is 14.7. The number of nitrogens with zero attached hydrogens (tertiary/aromatic N) is 4. The zero-order chi connectivity index (χ0) is 22.0. The van der Waals surface area contributed by atoms with Gasteiger partial charge in [-0.15, -0.1) is 5.10 Å². The second-order valence-electron chi connectivity index (χ2n) is 7.85. The summed E-state index contributed by atoms with van der Waals surface area (Å²) in [6.07, 6.45) is 0.677. The molecule has 162 valence electrons. The first-order valence-electron chi connectivity index (χ1n) is 10.3. The molecule has 2 heterocycles. The molecule has 1 aliphatic rings. The Morgan fingerprint density at radius 1 is 0.839 bits per heavy atom. The van der Waals surface area contributed by atoms with E-state index >= 15 is 0 Å². The minimum Gasteiger partial charge on any atom is -0.354 e. The summed E-state index contributed by atoms with van der Waals surface area (Å²) in [5, 5.41) is 4.54. The van der Waals surface area contributed by atoms with E-state index in [0.717, 1.165) is 11.1 Å². The maximum Gasteiger partial charge on any atom is 0.271 e. The Morgan fingerprint density at radius 3 is 2.26 bits per heavy atom.